The first-order chi connectivity index (χ1) is 10.6. The van der Waals surface area contributed by atoms with Crippen molar-refractivity contribution in [2.75, 3.05) is 13.2 Å². The minimum absolute atomic E-state index is 0.188. The molecule has 0 aliphatic carbocycles. The molecule has 2 N–H and O–H groups in total. The van der Waals surface area contributed by atoms with Crippen LogP contribution >= 0.6 is 0 Å². The Kier molecular flexibility index (Phi) is 6.54. The number of aliphatic hydroxyl groups excluding tert-OH is 2. The minimum Gasteiger partial charge on any atom is -0.390 e. The predicted molar refractivity (Wildman–Crippen MR) is 82.1 cm³/mol. The van der Waals surface area contributed by atoms with Crippen LogP contribution in [0.25, 0.3) is 0 Å². The summed E-state index contributed by atoms with van der Waals surface area (Å²) in [5.74, 6) is -0.319. The maximum Gasteiger partial charge on any atom is 0.163 e. The van der Waals surface area contributed by atoms with Crippen molar-refractivity contribution in [3.05, 3.63) is 48.6 Å². The molecular formula is C17H24O5. The second-order valence-electron chi connectivity index (χ2n) is 5.51. The van der Waals surface area contributed by atoms with Gasteiger partial charge in [-0.3, -0.25) is 0 Å². The Morgan fingerprint density at radius 3 is 2.64 bits per heavy atom. The number of hydrogen-bond acceptors (Lipinski definition) is 5. The number of hydrogen-bond donors (Lipinski definition) is 2. The summed E-state index contributed by atoms with van der Waals surface area (Å²) in [5.41, 5.74) is 1.04. The van der Waals surface area contributed by atoms with Crippen molar-refractivity contribution in [3.8, 4) is 0 Å². The molecule has 5 nitrogen and oxygen atoms in total. The van der Waals surface area contributed by atoms with Gasteiger partial charge in [-0.25, -0.2) is 0 Å². The highest BCUT2D eigenvalue weighted by Gasteiger charge is 2.42. The van der Waals surface area contributed by atoms with E-state index in [-0.39, 0.29) is 12.5 Å². The Hall–Kier alpha value is -1.24. The van der Waals surface area contributed by atoms with E-state index >= 15 is 0 Å². The molecule has 1 fully saturated rings. The molecule has 0 saturated carbocycles. The molecule has 1 heterocycles. The maximum absolute atomic E-state index is 10.1. The SMILES string of the molecule is C=CCO[C@@H]1OC(COCc2ccccc2)[C@H](O)[C@H](O)C1C. The third kappa shape index (κ3) is 4.38. The summed E-state index contributed by atoms with van der Waals surface area (Å²) in [6, 6.07) is 9.75. The lowest BCUT2D eigenvalue weighted by Crippen LogP contribution is -2.55. The van der Waals surface area contributed by atoms with E-state index in [9.17, 15) is 10.2 Å². The number of benzene rings is 1. The zero-order chi connectivity index (χ0) is 15.9. The van der Waals surface area contributed by atoms with Gasteiger partial charge in [0.2, 0.25) is 0 Å². The van der Waals surface area contributed by atoms with Gasteiger partial charge in [0, 0.05) is 5.92 Å². The minimum atomic E-state index is -0.991. The molecule has 22 heavy (non-hydrogen) atoms. The van der Waals surface area contributed by atoms with Crippen LogP contribution in [0.2, 0.25) is 0 Å². The normalized spacial score (nSPS) is 31.9. The zero-order valence-corrected chi connectivity index (χ0v) is 12.8. The van der Waals surface area contributed by atoms with Gasteiger partial charge in [0.1, 0.15) is 12.2 Å². The van der Waals surface area contributed by atoms with Crippen molar-refractivity contribution in [2.45, 2.75) is 38.1 Å². The van der Waals surface area contributed by atoms with E-state index in [1.807, 2.05) is 30.3 Å². The second-order valence-corrected chi connectivity index (χ2v) is 5.51. The van der Waals surface area contributed by atoms with Crippen LogP contribution in [0.4, 0.5) is 0 Å². The van der Waals surface area contributed by atoms with Crippen LogP contribution < -0.4 is 0 Å². The first-order valence-corrected chi connectivity index (χ1v) is 7.49. The van der Waals surface area contributed by atoms with Crippen molar-refractivity contribution in [2.24, 2.45) is 5.92 Å². The van der Waals surface area contributed by atoms with Crippen molar-refractivity contribution in [3.63, 3.8) is 0 Å². The Labute approximate surface area is 131 Å². The van der Waals surface area contributed by atoms with Gasteiger partial charge in [-0.1, -0.05) is 43.3 Å². The smallest absolute Gasteiger partial charge is 0.163 e. The van der Waals surface area contributed by atoms with E-state index in [1.54, 1.807) is 13.0 Å². The summed E-state index contributed by atoms with van der Waals surface area (Å²) in [5, 5.41) is 20.2. The molecule has 2 rings (SSSR count). The Bertz CT molecular complexity index is 450. The lowest BCUT2D eigenvalue weighted by molar-refractivity contribution is -0.282. The van der Waals surface area contributed by atoms with Gasteiger partial charge in [0.25, 0.3) is 0 Å². The molecule has 1 aliphatic heterocycles. The lowest BCUT2D eigenvalue weighted by atomic mass is 9.92. The van der Waals surface area contributed by atoms with Crippen LogP contribution in [0.15, 0.2) is 43.0 Å². The summed E-state index contributed by atoms with van der Waals surface area (Å²) < 4.78 is 16.8. The largest absolute Gasteiger partial charge is 0.390 e. The summed E-state index contributed by atoms with van der Waals surface area (Å²) in [6.07, 6.45) is -1.48. The maximum atomic E-state index is 10.1. The van der Waals surface area contributed by atoms with E-state index in [4.69, 9.17) is 14.2 Å². The molecule has 2 unspecified atom stereocenters. The van der Waals surface area contributed by atoms with E-state index in [0.717, 1.165) is 5.56 Å². The van der Waals surface area contributed by atoms with Crippen molar-refractivity contribution in [1.29, 1.82) is 0 Å². The van der Waals surface area contributed by atoms with E-state index < -0.39 is 24.6 Å². The van der Waals surface area contributed by atoms with E-state index in [0.29, 0.717) is 13.2 Å². The molecule has 0 amide bonds. The van der Waals surface area contributed by atoms with Crippen LogP contribution in [0.3, 0.4) is 0 Å². The molecular weight excluding hydrogens is 284 g/mol. The van der Waals surface area contributed by atoms with Crippen LogP contribution in [-0.4, -0.2) is 48.0 Å². The highest BCUT2D eigenvalue weighted by molar-refractivity contribution is 5.13. The molecule has 1 aliphatic rings. The first-order valence-electron chi connectivity index (χ1n) is 7.49. The highest BCUT2D eigenvalue weighted by atomic mass is 16.7. The molecule has 122 valence electrons. The van der Waals surface area contributed by atoms with E-state index in [1.165, 1.54) is 0 Å². The predicted octanol–water partition coefficient (Wildman–Crippen LogP) is 1.49. The molecule has 0 spiro atoms. The number of ether oxygens (including phenoxy) is 3. The fourth-order valence-corrected chi connectivity index (χ4v) is 2.43. The quantitative estimate of drug-likeness (QED) is 0.747. The molecule has 5 heteroatoms. The van der Waals surface area contributed by atoms with Crippen LogP contribution in [0.1, 0.15) is 12.5 Å². The number of aliphatic hydroxyl groups is 2. The van der Waals surface area contributed by atoms with Gasteiger partial charge in [0.15, 0.2) is 6.29 Å². The average molecular weight is 308 g/mol. The molecule has 1 saturated heterocycles. The van der Waals surface area contributed by atoms with Gasteiger partial charge >= 0.3 is 0 Å². The van der Waals surface area contributed by atoms with Gasteiger partial charge < -0.3 is 24.4 Å². The molecule has 0 bridgehead atoms. The second kappa shape index (κ2) is 8.41. The zero-order valence-electron chi connectivity index (χ0n) is 12.8. The van der Waals surface area contributed by atoms with Gasteiger partial charge in [-0.05, 0) is 5.56 Å². The van der Waals surface area contributed by atoms with E-state index in [2.05, 4.69) is 6.58 Å². The standard InChI is InChI=1S/C17H24O5/c1-3-9-21-17-12(2)15(18)16(19)14(22-17)11-20-10-13-7-5-4-6-8-13/h3-8,12,14-19H,1,9-11H2,2H3/t12?,14?,15-,16+,17-/m1/s1. The van der Waals surface area contributed by atoms with Crippen molar-refractivity contribution >= 4 is 0 Å². The summed E-state index contributed by atoms with van der Waals surface area (Å²) in [6.45, 7) is 6.31. The van der Waals surface area contributed by atoms with Gasteiger partial charge in [-0.2, -0.15) is 0 Å². The summed E-state index contributed by atoms with van der Waals surface area (Å²) in [4.78, 5) is 0. The van der Waals surface area contributed by atoms with Crippen molar-refractivity contribution in [1.82, 2.24) is 0 Å². The Balaban J connectivity index is 1.86. The topological polar surface area (TPSA) is 68.2 Å². The lowest BCUT2D eigenvalue weighted by Gasteiger charge is -2.41. The molecule has 1 aromatic carbocycles. The Morgan fingerprint density at radius 2 is 1.95 bits per heavy atom. The van der Waals surface area contributed by atoms with Gasteiger partial charge in [-0.15, -0.1) is 6.58 Å². The monoisotopic (exact) mass is 308 g/mol. The molecule has 0 radical (unpaired) electrons. The number of rotatable bonds is 7. The fourth-order valence-electron chi connectivity index (χ4n) is 2.43. The molecule has 5 atom stereocenters. The summed E-state index contributed by atoms with van der Waals surface area (Å²) in [7, 11) is 0. The fraction of sp³-hybridized carbons (Fsp3) is 0.529. The average Bonchev–Trinajstić information content (AvgIpc) is 2.55. The third-order valence-corrected chi connectivity index (χ3v) is 3.78. The van der Waals surface area contributed by atoms with Crippen LogP contribution in [0.5, 0.6) is 0 Å². The molecule has 0 aromatic heterocycles. The van der Waals surface area contributed by atoms with Gasteiger partial charge in [0.05, 0.1) is 25.9 Å². The summed E-state index contributed by atoms with van der Waals surface area (Å²) >= 11 is 0. The highest BCUT2D eigenvalue weighted by Crippen LogP contribution is 2.27. The van der Waals surface area contributed by atoms with Crippen molar-refractivity contribution < 1.29 is 24.4 Å². The van der Waals surface area contributed by atoms with Crippen LogP contribution in [-0.2, 0) is 20.8 Å². The molecule has 1 aromatic rings. The first kappa shape index (κ1) is 17.1. The Morgan fingerprint density at radius 1 is 1.23 bits per heavy atom. The van der Waals surface area contributed by atoms with Crippen LogP contribution in [0, 0.1) is 5.92 Å². The third-order valence-electron chi connectivity index (χ3n) is 3.78.